The fourth-order valence-electron chi connectivity index (χ4n) is 2.76. The highest BCUT2D eigenvalue weighted by molar-refractivity contribution is 5.89. The van der Waals surface area contributed by atoms with Gasteiger partial charge in [0.05, 0.1) is 12.7 Å². The summed E-state index contributed by atoms with van der Waals surface area (Å²) in [7, 11) is 1.35. The van der Waals surface area contributed by atoms with Gasteiger partial charge in [0, 0.05) is 11.1 Å². The molecule has 0 aliphatic heterocycles. The monoisotopic (exact) mass is 356 g/mol. The van der Waals surface area contributed by atoms with Crippen LogP contribution in [0.3, 0.4) is 0 Å². The van der Waals surface area contributed by atoms with Crippen molar-refractivity contribution in [3.05, 3.63) is 84.4 Å². The highest BCUT2D eigenvalue weighted by atomic mass is 16.5. The van der Waals surface area contributed by atoms with Gasteiger partial charge in [-0.1, -0.05) is 42.5 Å². The zero-order valence-electron chi connectivity index (χ0n) is 14.6. The largest absolute Gasteiger partial charge is 0.465 e. The molecule has 0 N–H and O–H groups in total. The molecule has 0 aliphatic carbocycles. The van der Waals surface area contributed by atoms with Crippen LogP contribution in [-0.4, -0.2) is 23.3 Å². The minimum Gasteiger partial charge on any atom is -0.465 e. The first-order chi connectivity index (χ1) is 13.2. The molecular weight excluding hydrogens is 340 g/mol. The molecule has 27 heavy (non-hydrogen) atoms. The van der Waals surface area contributed by atoms with Crippen LogP contribution in [0.1, 0.15) is 10.4 Å². The van der Waals surface area contributed by atoms with Gasteiger partial charge in [0.1, 0.15) is 0 Å². The highest BCUT2D eigenvalue weighted by Crippen LogP contribution is 2.26. The maximum Gasteiger partial charge on any atom is 0.337 e. The van der Waals surface area contributed by atoms with Crippen molar-refractivity contribution in [1.29, 1.82) is 0 Å². The number of nitrogens with zero attached hydrogens (tertiary/aromatic N) is 2. The molecule has 5 nitrogen and oxygen atoms in total. The molecule has 0 unspecified atom stereocenters. The van der Waals surface area contributed by atoms with Crippen LogP contribution in [0.2, 0.25) is 0 Å². The van der Waals surface area contributed by atoms with Crippen molar-refractivity contribution in [1.82, 2.24) is 10.2 Å². The molecule has 0 atom stereocenters. The van der Waals surface area contributed by atoms with E-state index in [0.29, 0.717) is 17.3 Å². The number of aromatic nitrogens is 2. The second-order valence-corrected chi connectivity index (χ2v) is 5.92. The molecule has 4 rings (SSSR count). The molecule has 0 spiro atoms. The van der Waals surface area contributed by atoms with E-state index in [1.807, 2.05) is 42.5 Å². The highest BCUT2D eigenvalue weighted by Gasteiger charge is 2.12. The third kappa shape index (κ3) is 3.48. The van der Waals surface area contributed by atoms with Gasteiger partial charge in [-0.25, -0.2) is 4.79 Å². The number of esters is 1. The van der Waals surface area contributed by atoms with Crippen molar-refractivity contribution in [2.45, 2.75) is 0 Å². The maximum absolute atomic E-state index is 11.5. The Morgan fingerprint density at radius 1 is 0.704 bits per heavy atom. The van der Waals surface area contributed by atoms with E-state index in [2.05, 4.69) is 22.3 Å². The molecule has 132 valence electrons. The summed E-state index contributed by atoms with van der Waals surface area (Å²) in [5.41, 5.74) is 4.33. The zero-order valence-corrected chi connectivity index (χ0v) is 14.6. The first kappa shape index (κ1) is 16.7. The molecule has 0 aliphatic rings. The summed E-state index contributed by atoms with van der Waals surface area (Å²) < 4.78 is 10.5. The van der Waals surface area contributed by atoms with Gasteiger partial charge in [-0.3, -0.25) is 0 Å². The SMILES string of the molecule is COC(=O)c1ccc(-c2nnc(-c3ccc(-c4ccccc4)cc3)o2)cc1. The first-order valence-electron chi connectivity index (χ1n) is 8.43. The summed E-state index contributed by atoms with van der Waals surface area (Å²) >= 11 is 0. The molecule has 0 amide bonds. The van der Waals surface area contributed by atoms with Crippen LogP contribution in [0.4, 0.5) is 0 Å². The number of carbonyl (C=O) groups is 1. The maximum atomic E-state index is 11.5. The lowest BCUT2D eigenvalue weighted by atomic mass is 10.0. The van der Waals surface area contributed by atoms with E-state index in [4.69, 9.17) is 9.15 Å². The van der Waals surface area contributed by atoms with Gasteiger partial charge in [0.2, 0.25) is 11.8 Å². The van der Waals surface area contributed by atoms with Gasteiger partial charge in [-0.05, 0) is 47.5 Å². The Bertz CT molecular complexity index is 1050. The fraction of sp³-hybridized carbons (Fsp3) is 0.0455. The van der Waals surface area contributed by atoms with Crippen LogP contribution in [0.15, 0.2) is 83.3 Å². The Morgan fingerprint density at radius 2 is 1.19 bits per heavy atom. The number of ether oxygens (including phenoxy) is 1. The van der Waals surface area contributed by atoms with Crippen LogP contribution < -0.4 is 0 Å². The topological polar surface area (TPSA) is 65.2 Å². The third-order valence-corrected chi connectivity index (χ3v) is 4.22. The standard InChI is InChI=1S/C22H16N2O3/c1-26-22(25)19-13-11-18(12-14-19)21-24-23-20(27-21)17-9-7-16(8-10-17)15-5-3-2-4-6-15/h2-14H,1H3. The smallest absolute Gasteiger partial charge is 0.337 e. The second-order valence-electron chi connectivity index (χ2n) is 5.92. The average molecular weight is 356 g/mol. The van der Waals surface area contributed by atoms with Crippen molar-refractivity contribution in [3.63, 3.8) is 0 Å². The van der Waals surface area contributed by atoms with Gasteiger partial charge in [0.15, 0.2) is 0 Å². The number of rotatable bonds is 4. The summed E-state index contributed by atoms with van der Waals surface area (Å²) in [6, 6.07) is 25.0. The van der Waals surface area contributed by atoms with E-state index in [1.165, 1.54) is 7.11 Å². The van der Waals surface area contributed by atoms with E-state index in [1.54, 1.807) is 24.3 Å². The number of methoxy groups -OCH3 is 1. The van der Waals surface area contributed by atoms with Crippen molar-refractivity contribution in [3.8, 4) is 34.0 Å². The van der Waals surface area contributed by atoms with Gasteiger partial charge in [0.25, 0.3) is 0 Å². The van der Waals surface area contributed by atoms with E-state index < -0.39 is 0 Å². The summed E-state index contributed by atoms with van der Waals surface area (Å²) in [6.07, 6.45) is 0. The summed E-state index contributed by atoms with van der Waals surface area (Å²) in [5.74, 6) is 0.460. The Morgan fingerprint density at radius 3 is 1.74 bits per heavy atom. The number of hydrogen-bond donors (Lipinski definition) is 0. The summed E-state index contributed by atoms with van der Waals surface area (Å²) in [5, 5.41) is 8.24. The molecule has 3 aromatic carbocycles. The first-order valence-corrected chi connectivity index (χ1v) is 8.43. The van der Waals surface area contributed by atoms with E-state index in [0.717, 1.165) is 22.3 Å². The van der Waals surface area contributed by atoms with E-state index in [-0.39, 0.29) is 5.97 Å². The molecule has 0 fully saturated rings. The Balaban J connectivity index is 1.56. The van der Waals surface area contributed by atoms with Crippen LogP contribution in [0, 0.1) is 0 Å². The lowest BCUT2D eigenvalue weighted by Gasteiger charge is -2.02. The van der Waals surface area contributed by atoms with Gasteiger partial charge in [-0.15, -0.1) is 10.2 Å². The second kappa shape index (κ2) is 7.25. The molecule has 5 heteroatoms. The molecule has 0 radical (unpaired) electrons. The molecule has 1 aromatic heterocycles. The predicted octanol–water partition coefficient (Wildman–Crippen LogP) is 4.86. The lowest BCUT2D eigenvalue weighted by Crippen LogP contribution is -2.00. The Kier molecular flexibility index (Phi) is 4.49. The van der Waals surface area contributed by atoms with Crippen LogP contribution in [0.25, 0.3) is 34.0 Å². The van der Waals surface area contributed by atoms with Gasteiger partial charge in [-0.2, -0.15) is 0 Å². The molecule has 0 bridgehead atoms. The van der Waals surface area contributed by atoms with Crippen molar-refractivity contribution in [2.24, 2.45) is 0 Å². The van der Waals surface area contributed by atoms with Gasteiger partial charge >= 0.3 is 5.97 Å². The summed E-state index contributed by atoms with van der Waals surface area (Å²) in [6.45, 7) is 0. The normalized spacial score (nSPS) is 10.6. The van der Waals surface area contributed by atoms with Crippen LogP contribution in [0.5, 0.6) is 0 Å². The predicted molar refractivity (Wildman–Crippen MR) is 102 cm³/mol. The lowest BCUT2D eigenvalue weighted by molar-refractivity contribution is 0.0600. The molecule has 1 heterocycles. The molecule has 0 saturated heterocycles. The average Bonchev–Trinajstić information content (AvgIpc) is 3.24. The van der Waals surface area contributed by atoms with Crippen LogP contribution >= 0.6 is 0 Å². The number of carbonyl (C=O) groups excluding carboxylic acids is 1. The number of hydrogen-bond acceptors (Lipinski definition) is 5. The van der Waals surface area contributed by atoms with Crippen molar-refractivity contribution in [2.75, 3.05) is 7.11 Å². The fourth-order valence-corrected chi connectivity index (χ4v) is 2.76. The number of benzene rings is 3. The minimum atomic E-state index is -0.383. The third-order valence-electron chi connectivity index (χ3n) is 4.22. The van der Waals surface area contributed by atoms with Crippen LogP contribution in [-0.2, 0) is 4.74 Å². The Hall–Kier alpha value is -3.73. The zero-order chi connectivity index (χ0) is 18.6. The Labute approximate surface area is 156 Å². The van der Waals surface area contributed by atoms with Crippen molar-refractivity contribution >= 4 is 5.97 Å². The van der Waals surface area contributed by atoms with E-state index >= 15 is 0 Å². The molecular formula is C22H16N2O3. The quantitative estimate of drug-likeness (QED) is 0.489. The minimum absolute atomic E-state index is 0.383. The van der Waals surface area contributed by atoms with Crippen molar-refractivity contribution < 1.29 is 13.9 Å². The molecule has 0 saturated carbocycles. The van der Waals surface area contributed by atoms with Gasteiger partial charge < -0.3 is 9.15 Å². The molecule has 4 aromatic rings. The van der Waals surface area contributed by atoms with E-state index in [9.17, 15) is 4.79 Å². The summed E-state index contributed by atoms with van der Waals surface area (Å²) in [4.78, 5) is 11.5.